The molecule has 0 bridgehead atoms. The van der Waals surface area contributed by atoms with E-state index in [1.807, 2.05) is 0 Å². The fraction of sp³-hybridized carbons (Fsp3) is 1.00. The van der Waals surface area contributed by atoms with E-state index in [-0.39, 0.29) is 11.5 Å². The van der Waals surface area contributed by atoms with Crippen molar-refractivity contribution in [1.82, 2.24) is 0 Å². The van der Waals surface area contributed by atoms with E-state index >= 15 is 0 Å². The molecule has 2 N–H and O–H groups in total. The molecule has 2 nitrogen and oxygen atoms in total. The van der Waals surface area contributed by atoms with Crippen molar-refractivity contribution < 1.29 is 10.2 Å². The molecule has 0 aliphatic heterocycles. The third-order valence-electron chi connectivity index (χ3n) is 5.55. The quantitative estimate of drug-likeness (QED) is 0.572. The topological polar surface area (TPSA) is 40.5 Å². The van der Waals surface area contributed by atoms with Gasteiger partial charge in [0.2, 0.25) is 0 Å². The van der Waals surface area contributed by atoms with Crippen LogP contribution in [0.4, 0.5) is 0 Å². The Labute approximate surface area is 126 Å². The molecule has 0 saturated heterocycles. The highest BCUT2D eigenvalue weighted by Crippen LogP contribution is 2.49. The highest BCUT2D eigenvalue weighted by Gasteiger charge is 2.43. The van der Waals surface area contributed by atoms with Crippen molar-refractivity contribution in [2.24, 2.45) is 11.3 Å². The summed E-state index contributed by atoms with van der Waals surface area (Å²) in [4.78, 5) is 0. The molecular formula is C18H36O2. The van der Waals surface area contributed by atoms with Gasteiger partial charge in [-0.25, -0.2) is 0 Å². The molecule has 20 heavy (non-hydrogen) atoms. The summed E-state index contributed by atoms with van der Waals surface area (Å²) >= 11 is 0. The van der Waals surface area contributed by atoms with Gasteiger partial charge in [-0.15, -0.1) is 0 Å². The molecule has 0 spiro atoms. The van der Waals surface area contributed by atoms with Crippen molar-refractivity contribution in [3.8, 4) is 0 Å². The molecule has 0 radical (unpaired) electrons. The average Bonchev–Trinajstić information content (AvgIpc) is 2.49. The van der Waals surface area contributed by atoms with Crippen LogP contribution in [0.1, 0.15) is 90.9 Å². The lowest BCUT2D eigenvalue weighted by atomic mass is 9.60. The Morgan fingerprint density at radius 3 is 2.20 bits per heavy atom. The second kappa shape index (κ2) is 9.78. The van der Waals surface area contributed by atoms with E-state index < -0.39 is 0 Å². The monoisotopic (exact) mass is 284 g/mol. The molecule has 0 aromatic heterocycles. The van der Waals surface area contributed by atoms with Crippen LogP contribution in [0.2, 0.25) is 0 Å². The lowest BCUT2D eigenvalue weighted by Gasteiger charge is -2.47. The summed E-state index contributed by atoms with van der Waals surface area (Å²) in [5.74, 6) is 0.589. The maximum absolute atomic E-state index is 10.9. The SMILES string of the molecule is CCCCCC(O)C1(C(CC)CCCO)CCCCC1. The predicted molar refractivity (Wildman–Crippen MR) is 85.8 cm³/mol. The summed E-state index contributed by atoms with van der Waals surface area (Å²) < 4.78 is 0. The summed E-state index contributed by atoms with van der Waals surface area (Å²) in [6, 6.07) is 0. The van der Waals surface area contributed by atoms with Gasteiger partial charge in [-0.05, 0) is 43.4 Å². The van der Waals surface area contributed by atoms with Crippen molar-refractivity contribution in [3.63, 3.8) is 0 Å². The van der Waals surface area contributed by atoms with Gasteiger partial charge in [-0.1, -0.05) is 58.8 Å². The Hall–Kier alpha value is -0.0800. The van der Waals surface area contributed by atoms with Gasteiger partial charge in [0.25, 0.3) is 0 Å². The van der Waals surface area contributed by atoms with Gasteiger partial charge in [0.15, 0.2) is 0 Å². The molecule has 0 aromatic carbocycles. The Kier molecular flexibility index (Phi) is 8.79. The third kappa shape index (κ3) is 4.73. The molecule has 1 rings (SSSR count). The number of rotatable bonds is 10. The Morgan fingerprint density at radius 1 is 0.950 bits per heavy atom. The highest BCUT2D eigenvalue weighted by molar-refractivity contribution is 4.94. The van der Waals surface area contributed by atoms with Crippen molar-refractivity contribution in [2.45, 2.75) is 97.0 Å². The van der Waals surface area contributed by atoms with Gasteiger partial charge < -0.3 is 10.2 Å². The molecule has 0 amide bonds. The van der Waals surface area contributed by atoms with E-state index in [0.29, 0.717) is 12.5 Å². The predicted octanol–water partition coefficient (Wildman–Crippen LogP) is 4.68. The smallest absolute Gasteiger partial charge is 0.0599 e. The molecule has 1 aliphatic carbocycles. The highest BCUT2D eigenvalue weighted by atomic mass is 16.3. The second-order valence-electron chi connectivity index (χ2n) is 6.78. The average molecular weight is 284 g/mol. The lowest BCUT2D eigenvalue weighted by Crippen LogP contribution is -2.43. The van der Waals surface area contributed by atoms with E-state index in [4.69, 9.17) is 5.11 Å². The normalized spacial score (nSPS) is 21.6. The summed E-state index contributed by atoms with van der Waals surface area (Å²) in [6.07, 6.45) is 13.9. The number of hydrogen-bond donors (Lipinski definition) is 2. The van der Waals surface area contributed by atoms with Crippen molar-refractivity contribution in [1.29, 1.82) is 0 Å². The Morgan fingerprint density at radius 2 is 1.65 bits per heavy atom. The minimum Gasteiger partial charge on any atom is -0.396 e. The zero-order valence-corrected chi connectivity index (χ0v) is 13.7. The van der Waals surface area contributed by atoms with E-state index in [1.54, 1.807) is 0 Å². The summed E-state index contributed by atoms with van der Waals surface area (Å²) in [7, 11) is 0. The van der Waals surface area contributed by atoms with E-state index in [0.717, 1.165) is 32.1 Å². The molecule has 1 aliphatic rings. The first-order valence-corrected chi connectivity index (χ1v) is 9.00. The summed E-state index contributed by atoms with van der Waals surface area (Å²) in [5.41, 5.74) is 0.149. The van der Waals surface area contributed by atoms with Crippen LogP contribution in [0.3, 0.4) is 0 Å². The lowest BCUT2D eigenvalue weighted by molar-refractivity contribution is -0.0589. The summed E-state index contributed by atoms with van der Waals surface area (Å²) in [5, 5.41) is 20.0. The molecule has 120 valence electrons. The number of hydrogen-bond acceptors (Lipinski definition) is 2. The van der Waals surface area contributed by atoms with Gasteiger partial charge in [0.1, 0.15) is 0 Å². The number of unbranched alkanes of at least 4 members (excludes halogenated alkanes) is 2. The molecular weight excluding hydrogens is 248 g/mol. The zero-order chi connectivity index (χ0) is 14.8. The molecule has 2 heteroatoms. The van der Waals surface area contributed by atoms with Gasteiger partial charge >= 0.3 is 0 Å². The zero-order valence-electron chi connectivity index (χ0n) is 13.7. The third-order valence-corrected chi connectivity index (χ3v) is 5.55. The molecule has 0 heterocycles. The fourth-order valence-electron chi connectivity index (χ4n) is 4.33. The van der Waals surface area contributed by atoms with Gasteiger partial charge in [-0.2, -0.15) is 0 Å². The molecule has 1 saturated carbocycles. The van der Waals surface area contributed by atoms with Crippen LogP contribution in [-0.2, 0) is 0 Å². The standard InChI is InChI=1S/C18H36O2/c1-3-5-7-12-17(20)18(13-8-6-9-14-18)16(4-2)11-10-15-19/h16-17,19-20H,3-15H2,1-2H3. The molecule has 0 aromatic rings. The van der Waals surface area contributed by atoms with Crippen LogP contribution in [0.15, 0.2) is 0 Å². The van der Waals surface area contributed by atoms with Crippen LogP contribution < -0.4 is 0 Å². The number of aliphatic hydroxyl groups excluding tert-OH is 2. The maximum Gasteiger partial charge on any atom is 0.0599 e. The van der Waals surface area contributed by atoms with Gasteiger partial charge in [0, 0.05) is 6.61 Å². The van der Waals surface area contributed by atoms with Crippen LogP contribution in [0.5, 0.6) is 0 Å². The van der Waals surface area contributed by atoms with Gasteiger partial charge in [0.05, 0.1) is 6.10 Å². The second-order valence-corrected chi connectivity index (χ2v) is 6.78. The summed E-state index contributed by atoms with van der Waals surface area (Å²) in [6.45, 7) is 4.77. The van der Waals surface area contributed by atoms with Crippen molar-refractivity contribution >= 4 is 0 Å². The fourth-order valence-corrected chi connectivity index (χ4v) is 4.33. The van der Waals surface area contributed by atoms with Crippen LogP contribution in [-0.4, -0.2) is 22.9 Å². The van der Waals surface area contributed by atoms with Gasteiger partial charge in [-0.3, -0.25) is 0 Å². The minimum atomic E-state index is -0.127. The first-order valence-electron chi connectivity index (χ1n) is 9.00. The first kappa shape index (κ1) is 18.0. The Balaban J connectivity index is 2.72. The van der Waals surface area contributed by atoms with Crippen LogP contribution in [0.25, 0.3) is 0 Å². The van der Waals surface area contributed by atoms with E-state index in [1.165, 1.54) is 44.9 Å². The number of aliphatic hydroxyl groups is 2. The Bertz CT molecular complexity index is 234. The maximum atomic E-state index is 10.9. The molecule has 2 atom stereocenters. The first-order chi connectivity index (χ1) is 9.71. The molecule has 2 unspecified atom stereocenters. The van der Waals surface area contributed by atoms with Crippen LogP contribution >= 0.6 is 0 Å². The largest absolute Gasteiger partial charge is 0.396 e. The molecule has 1 fully saturated rings. The minimum absolute atomic E-state index is 0.127. The van der Waals surface area contributed by atoms with Crippen molar-refractivity contribution in [2.75, 3.05) is 6.61 Å². The van der Waals surface area contributed by atoms with E-state index in [9.17, 15) is 5.11 Å². The van der Waals surface area contributed by atoms with E-state index in [2.05, 4.69) is 13.8 Å². The van der Waals surface area contributed by atoms with Crippen LogP contribution in [0, 0.1) is 11.3 Å². The van der Waals surface area contributed by atoms with Crippen molar-refractivity contribution in [3.05, 3.63) is 0 Å².